The van der Waals surface area contributed by atoms with E-state index in [2.05, 4.69) is 6.92 Å². The molecule has 1 rings (SSSR count). The first kappa shape index (κ1) is 14.5. The molecular weight excluding hydrogens is 204 g/mol. The maximum absolute atomic E-state index is 10.6. The van der Waals surface area contributed by atoms with Gasteiger partial charge in [-0.1, -0.05) is 33.3 Å². The second-order valence-electron chi connectivity index (χ2n) is 3.03. The summed E-state index contributed by atoms with van der Waals surface area (Å²) in [7, 11) is 0. The van der Waals surface area contributed by atoms with Crippen molar-refractivity contribution in [1.82, 2.24) is 0 Å². The molecule has 16 heavy (non-hydrogen) atoms. The van der Waals surface area contributed by atoms with Gasteiger partial charge in [-0.15, -0.1) is 0 Å². The monoisotopic (exact) mass is 224 g/mol. The van der Waals surface area contributed by atoms with Crippen LogP contribution < -0.4 is 4.74 Å². The highest BCUT2D eigenvalue weighted by atomic mass is 16.5. The van der Waals surface area contributed by atoms with Gasteiger partial charge in [-0.2, -0.15) is 0 Å². The molecule has 0 spiro atoms. The number of hydrogen-bond donors (Lipinski definition) is 1. The van der Waals surface area contributed by atoms with Gasteiger partial charge in [-0.05, 0) is 24.6 Å². The molecule has 0 bridgehead atoms. The first-order chi connectivity index (χ1) is 7.74. The lowest BCUT2D eigenvalue weighted by molar-refractivity contribution is 0.0696. The van der Waals surface area contributed by atoms with Crippen molar-refractivity contribution in [3.8, 4) is 5.75 Å². The number of carboxylic acids is 1. The molecule has 0 unspecified atom stereocenters. The molecule has 0 amide bonds. The van der Waals surface area contributed by atoms with Crippen LogP contribution in [0, 0.1) is 0 Å². The molecule has 0 heterocycles. The van der Waals surface area contributed by atoms with Gasteiger partial charge in [0.25, 0.3) is 0 Å². The number of carbonyl (C=O) groups is 1. The number of hydrogen-bond acceptors (Lipinski definition) is 2. The standard InChI is InChI=1S/C11H14O3.C2H6/c1-2-3-7-14-10-6-4-5-9(8-10)11(12)13;1-2/h4-6,8H,2-3,7H2,1H3,(H,12,13);1-2H3. The van der Waals surface area contributed by atoms with Gasteiger partial charge in [0.1, 0.15) is 5.75 Å². The average Bonchev–Trinajstić information content (AvgIpc) is 2.32. The van der Waals surface area contributed by atoms with Crippen molar-refractivity contribution >= 4 is 5.97 Å². The number of unbranched alkanes of at least 4 members (excludes halogenated alkanes) is 1. The van der Waals surface area contributed by atoms with Gasteiger partial charge in [0, 0.05) is 0 Å². The van der Waals surface area contributed by atoms with E-state index in [0.717, 1.165) is 12.8 Å². The zero-order valence-electron chi connectivity index (χ0n) is 10.2. The summed E-state index contributed by atoms with van der Waals surface area (Å²) in [5.41, 5.74) is 0.263. The van der Waals surface area contributed by atoms with Gasteiger partial charge in [0.2, 0.25) is 0 Å². The van der Waals surface area contributed by atoms with Crippen molar-refractivity contribution in [3.63, 3.8) is 0 Å². The van der Waals surface area contributed by atoms with Crippen molar-refractivity contribution in [2.24, 2.45) is 0 Å². The van der Waals surface area contributed by atoms with Crippen molar-refractivity contribution in [1.29, 1.82) is 0 Å². The molecule has 0 saturated carbocycles. The molecule has 0 atom stereocenters. The number of carboxylic acid groups (broad SMARTS) is 1. The van der Waals surface area contributed by atoms with Crippen LogP contribution in [0.4, 0.5) is 0 Å². The fourth-order valence-electron chi connectivity index (χ4n) is 1.05. The summed E-state index contributed by atoms with van der Waals surface area (Å²) in [5.74, 6) is -0.302. The van der Waals surface area contributed by atoms with Gasteiger partial charge in [0.05, 0.1) is 12.2 Å². The second-order valence-corrected chi connectivity index (χ2v) is 3.03. The highest BCUT2D eigenvalue weighted by Gasteiger charge is 2.02. The number of benzene rings is 1. The van der Waals surface area contributed by atoms with Crippen LogP contribution in [0.1, 0.15) is 44.0 Å². The summed E-state index contributed by atoms with van der Waals surface area (Å²) in [5, 5.41) is 8.73. The smallest absolute Gasteiger partial charge is 0.335 e. The van der Waals surface area contributed by atoms with E-state index >= 15 is 0 Å². The normalized spacial score (nSPS) is 8.94. The van der Waals surface area contributed by atoms with E-state index in [-0.39, 0.29) is 5.56 Å². The minimum Gasteiger partial charge on any atom is -0.494 e. The maximum atomic E-state index is 10.6. The Balaban J connectivity index is 0.00000106. The van der Waals surface area contributed by atoms with Crippen LogP contribution >= 0.6 is 0 Å². The van der Waals surface area contributed by atoms with E-state index in [1.807, 2.05) is 13.8 Å². The molecule has 1 N–H and O–H groups in total. The predicted octanol–water partition coefficient (Wildman–Crippen LogP) is 3.59. The molecule has 3 heteroatoms. The topological polar surface area (TPSA) is 46.5 Å². The molecule has 0 fully saturated rings. The van der Waals surface area contributed by atoms with Gasteiger partial charge >= 0.3 is 5.97 Å². The molecule has 0 aliphatic carbocycles. The second kappa shape index (κ2) is 8.77. The lowest BCUT2D eigenvalue weighted by Crippen LogP contribution is -1.99. The van der Waals surface area contributed by atoms with E-state index in [1.54, 1.807) is 18.2 Å². The molecule has 0 aliphatic rings. The molecule has 1 aromatic carbocycles. The first-order valence-corrected chi connectivity index (χ1v) is 5.70. The van der Waals surface area contributed by atoms with Crippen molar-refractivity contribution in [3.05, 3.63) is 29.8 Å². The van der Waals surface area contributed by atoms with E-state index in [9.17, 15) is 4.79 Å². The Morgan fingerprint density at radius 1 is 1.38 bits per heavy atom. The van der Waals surface area contributed by atoms with E-state index in [4.69, 9.17) is 9.84 Å². The maximum Gasteiger partial charge on any atom is 0.335 e. The fraction of sp³-hybridized carbons (Fsp3) is 0.462. The van der Waals surface area contributed by atoms with Crippen LogP contribution in [-0.2, 0) is 0 Å². The minimum absolute atomic E-state index is 0.263. The highest BCUT2D eigenvalue weighted by molar-refractivity contribution is 5.87. The Labute approximate surface area is 97.1 Å². The largest absolute Gasteiger partial charge is 0.494 e. The summed E-state index contributed by atoms with van der Waals surface area (Å²) in [6.07, 6.45) is 2.05. The van der Waals surface area contributed by atoms with Crippen LogP contribution in [0.15, 0.2) is 24.3 Å². The van der Waals surface area contributed by atoms with Gasteiger partial charge < -0.3 is 9.84 Å². The molecule has 0 saturated heterocycles. The van der Waals surface area contributed by atoms with Crippen molar-refractivity contribution < 1.29 is 14.6 Å². The van der Waals surface area contributed by atoms with Crippen LogP contribution in [0.5, 0.6) is 5.75 Å². The molecule has 3 nitrogen and oxygen atoms in total. The van der Waals surface area contributed by atoms with E-state index in [1.165, 1.54) is 6.07 Å². The Morgan fingerprint density at radius 3 is 2.62 bits per heavy atom. The molecule has 1 aromatic rings. The lowest BCUT2D eigenvalue weighted by atomic mass is 10.2. The van der Waals surface area contributed by atoms with Crippen LogP contribution in [-0.4, -0.2) is 17.7 Å². The van der Waals surface area contributed by atoms with E-state index in [0.29, 0.717) is 12.4 Å². The molecule has 0 aliphatic heterocycles. The molecule has 0 radical (unpaired) electrons. The quantitative estimate of drug-likeness (QED) is 0.777. The van der Waals surface area contributed by atoms with Gasteiger partial charge in [-0.3, -0.25) is 0 Å². The van der Waals surface area contributed by atoms with Crippen molar-refractivity contribution in [2.75, 3.05) is 6.61 Å². The molecule has 0 aromatic heterocycles. The SMILES string of the molecule is CC.CCCCOc1cccc(C(=O)O)c1. The number of ether oxygens (including phenoxy) is 1. The summed E-state index contributed by atoms with van der Waals surface area (Å²) in [6, 6.07) is 6.54. The predicted molar refractivity (Wildman–Crippen MR) is 65.2 cm³/mol. The zero-order chi connectivity index (χ0) is 12.4. The van der Waals surface area contributed by atoms with Crippen molar-refractivity contribution in [2.45, 2.75) is 33.6 Å². The fourth-order valence-corrected chi connectivity index (χ4v) is 1.05. The number of aromatic carboxylic acids is 1. The van der Waals surface area contributed by atoms with Gasteiger partial charge in [-0.25, -0.2) is 4.79 Å². The third-order valence-electron chi connectivity index (χ3n) is 1.85. The van der Waals surface area contributed by atoms with Crippen LogP contribution in [0.25, 0.3) is 0 Å². The zero-order valence-corrected chi connectivity index (χ0v) is 10.2. The summed E-state index contributed by atoms with van der Waals surface area (Å²) >= 11 is 0. The summed E-state index contributed by atoms with van der Waals surface area (Å²) < 4.78 is 5.37. The third-order valence-corrected chi connectivity index (χ3v) is 1.85. The first-order valence-electron chi connectivity index (χ1n) is 5.70. The van der Waals surface area contributed by atoms with E-state index < -0.39 is 5.97 Å². The highest BCUT2D eigenvalue weighted by Crippen LogP contribution is 2.13. The van der Waals surface area contributed by atoms with Crippen LogP contribution in [0.3, 0.4) is 0 Å². The molecular formula is C13H20O3. The molecule has 90 valence electrons. The van der Waals surface area contributed by atoms with Gasteiger partial charge in [0.15, 0.2) is 0 Å². The third kappa shape index (κ3) is 5.39. The Kier molecular flexibility index (Phi) is 7.94. The average molecular weight is 224 g/mol. The lowest BCUT2D eigenvalue weighted by Gasteiger charge is -2.05. The summed E-state index contributed by atoms with van der Waals surface area (Å²) in [4.78, 5) is 10.6. The Morgan fingerprint density at radius 2 is 2.06 bits per heavy atom. The number of rotatable bonds is 5. The minimum atomic E-state index is -0.925. The summed E-state index contributed by atoms with van der Waals surface area (Å²) in [6.45, 7) is 6.72. The van der Waals surface area contributed by atoms with Crippen LogP contribution in [0.2, 0.25) is 0 Å². The Hall–Kier alpha value is -1.51. The Bertz CT molecular complexity index is 308.